The number of ketones is 1. The van der Waals surface area contributed by atoms with Gasteiger partial charge in [-0.05, 0) is 116 Å². The lowest BCUT2D eigenvalue weighted by Crippen LogP contribution is -2.50. The van der Waals surface area contributed by atoms with Crippen molar-refractivity contribution in [3.05, 3.63) is 77.9 Å². The summed E-state index contributed by atoms with van der Waals surface area (Å²) in [6.07, 6.45) is 14.8. The highest BCUT2D eigenvalue weighted by molar-refractivity contribution is 5.96. The zero-order valence-electron chi connectivity index (χ0n) is 22.2. The van der Waals surface area contributed by atoms with Crippen LogP contribution in [0.1, 0.15) is 70.8 Å². The summed E-state index contributed by atoms with van der Waals surface area (Å²) in [5, 5.41) is 10.3. The number of hydrogen-bond acceptors (Lipinski definition) is 3. The molecule has 0 saturated heterocycles. The van der Waals surface area contributed by atoms with Crippen molar-refractivity contribution in [1.29, 1.82) is 0 Å². The lowest BCUT2D eigenvalue weighted by Gasteiger charge is -2.57. The van der Waals surface area contributed by atoms with E-state index in [1.807, 2.05) is 66.7 Å². The predicted octanol–water partition coefficient (Wildman–Crippen LogP) is 8.00. The first kappa shape index (κ1) is 24.7. The van der Waals surface area contributed by atoms with E-state index in [2.05, 4.69) is 19.9 Å². The number of ether oxygens (including phenoxy) is 1. The summed E-state index contributed by atoms with van der Waals surface area (Å²) in [4.78, 5) is 13.5. The molecular weight excluding hydrogens is 456 g/mol. The highest BCUT2D eigenvalue weighted by Crippen LogP contribution is 2.66. The molecule has 0 bridgehead atoms. The molecule has 3 nitrogen and oxygen atoms in total. The minimum Gasteiger partial charge on any atom is -0.457 e. The van der Waals surface area contributed by atoms with Gasteiger partial charge in [-0.25, -0.2) is 0 Å². The van der Waals surface area contributed by atoms with E-state index in [-0.39, 0.29) is 22.9 Å². The van der Waals surface area contributed by atoms with Crippen molar-refractivity contribution in [2.24, 2.45) is 34.5 Å². The summed E-state index contributed by atoms with van der Waals surface area (Å²) < 4.78 is 5.89. The van der Waals surface area contributed by atoms with E-state index in [0.717, 1.165) is 55.6 Å². The van der Waals surface area contributed by atoms with Crippen molar-refractivity contribution < 1.29 is 14.6 Å². The summed E-state index contributed by atoms with van der Waals surface area (Å²) in [6.45, 7) is 4.89. The van der Waals surface area contributed by atoms with E-state index < -0.39 is 0 Å². The van der Waals surface area contributed by atoms with E-state index in [1.54, 1.807) is 0 Å². The number of carbonyl (C=O) groups is 1. The molecule has 37 heavy (non-hydrogen) atoms. The summed E-state index contributed by atoms with van der Waals surface area (Å²) >= 11 is 0. The topological polar surface area (TPSA) is 46.5 Å². The van der Waals surface area contributed by atoms with Gasteiger partial charge in [-0.3, -0.25) is 4.79 Å². The first-order valence-corrected chi connectivity index (χ1v) is 14.3. The Morgan fingerprint density at radius 1 is 0.919 bits per heavy atom. The number of fused-ring (bicyclic) bond motifs is 5. The Hall–Kier alpha value is -2.65. The zero-order valence-corrected chi connectivity index (χ0v) is 22.2. The van der Waals surface area contributed by atoms with Gasteiger partial charge in [0.25, 0.3) is 0 Å². The molecule has 4 aliphatic carbocycles. The van der Waals surface area contributed by atoms with Gasteiger partial charge >= 0.3 is 0 Å². The molecule has 6 rings (SSSR count). The molecule has 194 valence electrons. The second-order valence-electron chi connectivity index (χ2n) is 12.6. The predicted molar refractivity (Wildman–Crippen MR) is 148 cm³/mol. The van der Waals surface area contributed by atoms with Crippen molar-refractivity contribution >= 4 is 11.9 Å². The van der Waals surface area contributed by atoms with Crippen LogP contribution in [0.4, 0.5) is 0 Å². The molecule has 3 fully saturated rings. The van der Waals surface area contributed by atoms with Crippen molar-refractivity contribution in [3.63, 3.8) is 0 Å². The molecular formula is C34H40O3. The average Bonchev–Trinajstić information content (AvgIpc) is 3.26. The van der Waals surface area contributed by atoms with Crippen LogP contribution < -0.4 is 4.74 Å². The molecule has 0 radical (unpaired) electrons. The monoisotopic (exact) mass is 496 g/mol. The maximum Gasteiger partial charge on any atom is 0.159 e. The van der Waals surface area contributed by atoms with E-state index in [4.69, 9.17) is 4.74 Å². The number of allylic oxidation sites excluding steroid dienone is 2. The van der Waals surface area contributed by atoms with Gasteiger partial charge in [-0.1, -0.05) is 61.9 Å². The molecule has 0 aromatic heterocycles. The molecule has 0 amide bonds. The Kier molecular flexibility index (Phi) is 6.39. The largest absolute Gasteiger partial charge is 0.457 e. The maximum absolute atomic E-state index is 13.5. The first-order valence-electron chi connectivity index (χ1n) is 14.3. The van der Waals surface area contributed by atoms with Gasteiger partial charge in [0.1, 0.15) is 11.5 Å². The molecule has 0 aliphatic heterocycles. The van der Waals surface area contributed by atoms with Crippen molar-refractivity contribution in [3.8, 4) is 11.5 Å². The third-order valence-electron chi connectivity index (χ3n) is 10.7. The van der Waals surface area contributed by atoms with Crippen molar-refractivity contribution in [2.75, 3.05) is 0 Å². The van der Waals surface area contributed by atoms with Gasteiger partial charge in [-0.15, -0.1) is 0 Å². The minimum absolute atomic E-state index is 0.103. The van der Waals surface area contributed by atoms with Crippen LogP contribution in [-0.4, -0.2) is 17.0 Å². The van der Waals surface area contributed by atoms with Crippen LogP contribution in [0.15, 0.2) is 72.3 Å². The highest BCUT2D eigenvalue weighted by Gasteiger charge is 2.59. The molecule has 0 spiro atoms. The minimum atomic E-state index is -0.155. The van der Waals surface area contributed by atoms with Crippen LogP contribution in [0.25, 0.3) is 6.08 Å². The SMILES string of the molecule is C[C@]12CC[C@H]3[C@@H](CC=C4C[C@@H](O)CC[C@@]43C)[C@@H]1CC[C@@H]2C(=O)/C=C/c1ccc(Oc2ccccc2)cc1. The highest BCUT2D eigenvalue weighted by atomic mass is 16.5. The van der Waals surface area contributed by atoms with Crippen LogP contribution in [0, 0.1) is 34.5 Å². The Balaban J connectivity index is 1.13. The van der Waals surface area contributed by atoms with Gasteiger partial charge in [0.2, 0.25) is 0 Å². The van der Waals surface area contributed by atoms with Crippen LogP contribution >= 0.6 is 0 Å². The smallest absolute Gasteiger partial charge is 0.159 e. The number of carbonyl (C=O) groups excluding carboxylic acids is 1. The molecule has 1 N–H and O–H groups in total. The van der Waals surface area contributed by atoms with Gasteiger partial charge in [0.05, 0.1) is 6.10 Å². The third kappa shape index (κ3) is 4.40. The number of aliphatic hydroxyl groups excluding tert-OH is 1. The quantitative estimate of drug-likeness (QED) is 0.337. The number of rotatable bonds is 5. The van der Waals surface area contributed by atoms with E-state index in [1.165, 1.54) is 18.4 Å². The molecule has 0 heterocycles. The molecule has 2 aromatic rings. The van der Waals surface area contributed by atoms with E-state index >= 15 is 0 Å². The summed E-state index contributed by atoms with van der Waals surface area (Å²) in [5.41, 5.74) is 2.90. The van der Waals surface area contributed by atoms with Crippen LogP contribution in [0.5, 0.6) is 11.5 Å². The molecule has 0 unspecified atom stereocenters. The number of aliphatic hydroxyl groups is 1. The molecule has 4 aliphatic rings. The zero-order chi connectivity index (χ0) is 25.6. The van der Waals surface area contributed by atoms with Crippen molar-refractivity contribution in [1.82, 2.24) is 0 Å². The molecule has 3 saturated carbocycles. The van der Waals surface area contributed by atoms with Gasteiger partial charge < -0.3 is 9.84 Å². The second-order valence-corrected chi connectivity index (χ2v) is 12.6. The van der Waals surface area contributed by atoms with Crippen LogP contribution in [-0.2, 0) is 4.79 Å². The lowest BCUT2D eigenvalue weighted by atomic mass is 9.47. The van der Waals surface area contributed by atoms with Gasteiger partial charge in [-0.2, -0.15) is 0 Å². The number of hydrogen-bond donors (Lipinski definition) is 1. The molecule has 3 heteroatoms. The third-order valence-corrected chi connectivity index (χ3v) is 10.7. The van der Waals surface area contributed by atoms with Crippen LogP contribution in [0.3, 0.4) is 0 Å². The van der Waals surface area contributed by atoms with E-state index in [9.17, 15) is 9.90 Å². The molecule has 2 aromatic carbocycles. The van der Waals surface area contributed by atoms with E-state index in [0.29, 0.717) is 23.5 Å². The summed E-state index contributed by atoms with van der Waals surface area (Å²) in [5.74, 6) is 4.06. The van der Waals surface area contributed by atoms with Gasteiger partial charge in [0.15, 0.2) is 5.78 Å². The Labute approximate surface area is 221 Å². The Morgan fingerprint density at radius 3 is 2.46 bits per heavy atom. The second kappa shape index (κ2) is 9.58. The maximum atomic E-state index is 13.5. The normalized spacial score (nSPS) is 36.8. The Morgan fingerprint density at radius 2 is 1.68 bits per heavy atom. The number of para-hydroxylation sites is 1. The van der Waals surface area contributed by atoms with Crippen LogP contribution in [0.2, 0.25) is 0 Å². The molecule has 7 atom stereocenters. The number of benzene rings is 2. The fourth-order valence-electron chi connectivity index (χ4n) is 8.68. The van der Waals surface area contributed by atoms with Gasteiger partial charge in [0, 0.05) is 5.92 Å². The lowest BCUT2D eigenvalue weighted by molar-refractivity contribution is -0.124. The van der Waals surface area contributed by atoms with Crippen molar-refractivity contribution in [2.45, 2.75) is 71.3 Å². The summed E-state index contributed by atoms with van der Waals surface area (Å²) in [7, 11) is 0. The Bertz CT molecular complexity index is 1200. The first-order chi connectivity index (χ1) is 17.9. The average molecular weight is 497 g/mol. The fourth-order valence-corrected chi connectivity index (χ4v) is 8.68. The fraction of sp³-hybridized carbons (Fsp3) is 0.500. The summed E-state index contributed by atoms with van der Waals surface area (Å²) in [6, 6.07) is 17.7. The standard InChI is InChI=1S/C34H40O3/c1-33-20-18-25(35)22-24(33)11-14-28-29-15-16-31(34(29,2)21-19-30(28)33)32(36)17-10-23-8-12-27(13-9-23)37-26-6-4-3-5-7-26/h3-13,17,25,28-31,35H,14-16,18-22H2,1-2H3/b17-10+/t25-,28-,29-,30-,31+,33-,34-/m0/s1.